The molecule has 4 heterocycles. The zero-order valence-electron chi connectivity index (χ0n) is 26.1. The number of nitrogens with one attached hydrogen (secondary N) is 5. The van der Waals surface area contributed by atoms with Crippen molar-refractivity contribution in [2.75, 3.05) is 36.1 Å². The van der Waals surface area contributed by atoms with Gasteiger partial charge in [-0.05, 0) is 73.3 Å². The molecule has 0 aliphatic heterocycles. The average Bonchev–Trinajstić information content (AvgIpc) is 3.79. The van der Waals surface area contributed by atoms with Crippen molar-refractivity contribution < 1.29 is 19.1 Å². The van der Waals surface area contributed by atoms with Gasteiger partial charge in [0.2, 0.25) is 17.8 Å². The first-order valence-corrected chi connectivity index (χ1v) is 15.0. The molecule has 6 aromatic rings. The summed E-state index contributed by atoms with van der Waals surface area (Å²) >= 11 is 0. The molecule has 6 rings (SSSR count). The van der Waals surface area contributed by atoms with Gasteiger partial charge < -0.3 is 20.0 Å². The van der Waals surface area contributed by atoms with E-state index in [2.05, 4.69) is 56.3 Å². The van der Waals surface area contributed by atoms with Crippen LogP contribution in [-0.4, -0.2) is 83.2 Å². The number of anilines is 3. The summed E-state index contributed by atoms with van der Waals surface area (Å²) in [5.74, 6) is 0.706. The van der Waals surface area contributed by atoms with Crippen molar-refractivity contribution in [3.63, 3.8) is 0 Å². The third kappa shape index (κ3) is 8.93. The first-order valence-electron chi connectivity index (χ1n) is 15.0. The molecule has 0 saturated carbocycles. The number of hydrogen-bond acceptors (Lipinski definition) is 11. The highest BCUT2D eigenvalue weighted by molar-refractivity contribution is 6.04. The second-order valence-corrected chi connectivity index (χ2v) is 10.7. The lowest BCUT2D eigenvalue weighted by molar-refractivity contribution is -0.118. The van der Waals surface area contributed by atoms with Crippen LogP contribution < -0.4 is 20.7 Å². The third-order valence-corrected chi connectivity index (χ3v) is 6.87. The summed E-state index contributed by atoms with van der Waals surface area (Å²) in [6, 6.07) is 24.5. The summed E-state index contributed by atoms with van der Waals surface area (Å²) in [6.45, 7) is 0.352. The molecule has 16 heteroatoms. The predicted octanol–water partition coefficient (Wildman–Crippen LogP) is 3.39. The van der Waals surface area contributed by atoms with Crippen molar-refractivity contribution in [3.05, 3.63) is 108 Å². The van der Waals surface area contributed by atoms with Crippen LogP contribution in [0.4, 0.5) is 17.6 Å². The van der Waals surface area contributed by atoms with E-state index in [-0.39, 0.29) is 36.9 Å². The van der Waals surface area contributed by atoms with E-state index in [4.69, 9.17) is 4.74 Å². The van der Waals surface area contributed by atoms with Gasteiger partial charge in [0.25, 0.3) is 11.8 Å². The maximum atomic E-state index is 12.8. The maximum Gasteiger partial charge on any atom is 0.264 e. The Morgan fingerprint density at radius 2 is 1.29 bits per heavy atom. The number of aromatic nitrogens is 8. The third-order valence-electron chi connectivity index (χ3n) is 6.87. The molecule has 16 nitrogen and oxygen atoms in total. The zero-order valence-corrected chi connectivity index (χ0v) is 26.1. The van der Waals surface area contributed by atoms with Crippen LogP contribution >= 0.6 is 0 Å². The molecule has 0 unspecified atom stereocenters. The molecular formula is C33H30N12O4. The number of likely N-dealkylation sites (N-methyl/N-ethyl adjacent to an activating group) is 1. The number of aromatic amines is 2. The number of hydrogen-bond donors (Lipinski definition) is 5. The van der Waals surface area contributed by atoms with Gasteiger partial charge in [0.15, 0.2) is 18.3 Å². The standard InChI is InChI=1S/C33H30N12O4/c1-45(19-27(46)37-32-39-29(41-43-32)25-6-2-4-16-34-25)18-21-8-12-23(13-9-21)36-31(48)22-10-14-24(15-11-22)49-20-28(47)38-33-40-30(42-44-33)26-7-3-5-17-35-26/h2-17H,18-20H2,1H3,(H,36,48)(H2,37,39,41,43,46)(H2,38,40,42,44,47). The largest absolute Gasteiger partial charge is 0.484 e. The molecule has 0 saturated heterocycles. The van der Waals surface area contributed by atoms with E-state index >= 15 is 0 Å². The van der Waals surface area contributed by atoms with E-state index in [0.717, 1.165) is 5.56 Å². The van der Waals surface area contributed by atoms with Gasteiger partial charge in [-0.15, -0.1) is 20.4 Å². The van der Waals surface area contributed by atoms with Crippen LogP contribution in [0.1, 0.15) is 15.9 Å². The minimum absolute atomic E-state index is 0.122. The van der Waals surface area contributed by atoms with E-state index in [1.165, 1.54) is 0 Å². The Morgan fingerprint density at radius 3 is 1.86 bits per heavy atom. The lowest BCUT2D eigenvalue weighted by Gasteiger charge is -2.16. The topological polar surface area (TPSA) is 209 Å². The van der Waals surface area contributed by atoms with Crippen molar-refractivity contribution in [2.45, 2.75) is 6.54 Å². The Hall–Kier alpha value is -6.81. The smallest absolute Gasteiger partial charge is 0.264 e. The summed E-state index contributed by atoms with van der Waals surface area (Å²) in [5, 5.41) is 24.0. The Morgan fingerprint density at radius 1 is 0.694 bits per heavy atom. The maximum absolute atomic E-state index is 12.8. The zero-order chi connectivity index (χ0) is 34.0. The Labute approximate surface area is 279 Å². The van der Waals surface area contributed by atoms with Crippen LogP contribution in [0.25, 0.3) is 23.0 Å². The van der Waals surface area contributed by atoms with Crippen molar-refractivity contribution in [1.29, 1.82) is 0 Å². The van der Waals surface area contributed by atoms with Crippen molar-refractivity contribution >= 4 is 35.3 Å². The molecule has 246 valence electrons. The van der Waals surface area contributed by atoms with E-state index in [0.29, 0.717) is 46.6 Å². The van der Waals surface area contributed by atoms with Crippen LogP contribution in [0.5, 0.6) is 5.75 Å². The molecule has 49 heavy (non-hydrogen) atoms. The van der Waals surface area contributed by atoms with E-state index in [9.17, 15) is 14.4 Å². The first-order chi connectivity index (χ1) is 23.9. The monoisotopic (exact) mass is 658 g/mol. The van der Waals surface area contributed by atoms with E-state index in [1.54, 1.807) is 73.1 Å². The summed E-state index contributed by atoms with van der Waals surface area (Å²) in [5.41, 5.74) is 3.19. The molecule has 0 bridgehead atoms. The molecule has 0 fully saturated rings. The number of carbonyl (C=O) groups is 3. The predicted molar refractivity (Wildman–Crippen MR) is 179 cm³/mol. The molecule has 3 amide bonds. The number of amides is 3. The van der Waals surface area contributed by atoms with Gasteiger partial charge in [0.05, 0.1) is 6.54 Å². The van der Waals surface area contributed by atoms with Crippen LogP contribution in [0.3, 0.4) is 0 Å². The molecule has 0 spiro atoms. The number of H-pyrrole nitrogens is 2. The quantitative estimate of drug-likeness (QED) is 0.121. The van der Waals surface area contributed by atoms with Crippen molar-refractivity contribution in [2.24, 2.45) is 0 Å². The van der Waals surface area contributed by atoms with Gasteiger partial charge in [-0.2, -0.15) is 0 Å². The van der Waals surface area contributed by atoms with Gasteiger partial charge in [0, 0.05) is 30.2 Å². The van der Waals surface area contributed by atoms with E-state index in [1.807, 2.05) is 36.2 Å². The lowest BCUT2D eigenvalue weighted by Crippen LogP contribution is -2.30. The van der Waals surface area contributed by atoms with Crippen LogP contribution in [0.15, 0.2) is 97.3 Å². The molecule has 0 radical (unpaired) electrons. The summed E-state index contributed by atoms with van der Waals surface area (Å²) < 4.78 is 5.54. The van der Waals surface area contributed by atoms with Crippen LogP contribution in [0, 0.1) is 0 Å². The lowest BCUT2D eigenvalue weighted by atomic mass is 10.1. The first kappa shape index (κ1) is 32.1. The molecule has 0 aliphatic rings. The van der Waals surface area contributed by atoms with Gasteiger partial charge >= 0.3 is 0 Å². The summed E-state index contributed by atoms with van der Waals surface area (Å²) in [6.07, 6.45) is 3.28. The fourth-order valence-electron chi connectivity index (χ4n) is 4.57. The van der Waals surface area contributed by atoms with Crippen molar-refractivity contribution in [3.8, 4) is 28.8 Å². The van der Waals surface area contributed by atoms with Crippen LogP contribution in [-0.2, 0) is 16.1 Å². The minimum Gasteiger partial charge on any atom is -0.484 e. The summed E-state index contributed by atoms with van der Waals surface area (Å²) in [7, 11) is 1.82. The highest BCUT2D eigenvalue weighted by Crippen LogP contribution is 2.17. The number of carbonyl (C=O) groups excluding carboxylic acids is 3. The van der Waals surface area contributed by atoms with Crippen molar-refractivity contribution in [1.82, 2.24) is 45.2 Å². The number of nitrogens with zero attached hydrogens (tertiary/aromatic N) is 7. The summed E-state index contributed by atoms with van der Waals surface area (Å²) in [4.78, 5) is 53.7. The minimum atomic E-state index is -0.439. The van der Waals surface area contributed by atoms with Gasteiger partial charge in [-0.25, -0.2) is 0 Å². The number of rotatable bonds is 13. The number of benzene rings is 2. The molecular weight excluding hydrogens is 628 g/mol. The van der Waals surface area contributed by atoms with Crippen LogP contribution in [0.2, 0.25) is 0 Å². The Bertz CT molecular complexity index is 2010. The highest BCUT2D eigenvalue weighted by atomic mass is 16.5. The Balaban J connectivity index is 0.918. The average molecular weight is 659 g/mol. The second-order valence-electron chi connectivity index (χ2n) is 10.7. The fourth-order valence-corrected chi connectivity index (χ4v) is 4.57. The SMILES string of the molecule is CN(CC(=O)Nc1nnc(-c2ccccn2)[nH]1)Cc1ccc(NC(=O)c2ccc(OCC(=O)Nc3nnc(-c4ccccn4)[nH]3)cc2)cc1. The van der Waals surface area contributed by atoms with E-state index < -0.39 is 5.91 Å². The van der Waals surface area contributed by atoms with Gasteiger partial charge in [0.1, 0.15) is 17.1 Å². The molecule has 5 N–H and O–H groups in total. The van der Waals surface area contributed by atoms with Gasteiger partial charge in [-0.1, -0.05) is 24.3 Å². The fraction of sp³-hybridized carbons (Fsp3) is 0.121. The normalized spacial score (nSPS) is 10.8. The molecule has 0 atom stereocenters. The molecule has 0 aliphatic carbocycles. The highest BCUT2D eigenvalue weighted by Gasteiger charge is 2.13. The second kappa shape index (κ2) is 15.2. The Kier molecular flexibility index (Phi) is 9.96. The molecule has 4 aromatic heterocycles. The van der Waals surface area contributed by atoms with Gasteiger partial charge in [-0.3, -0.25) is 39.9 Å². The number of ether oxygens (including phenoxy) is 1. The molecule has 2 aromatic carbocycles. The number of pyridine rings is 2.